The number of methoxy groups -OCH3 is 1. The molecule has 0 aliphatic heterocycles. The van der Waals surface area contributed by atoms with Crippen molar-refractivity contribution in [1.29, 1.82) is 0 Å². The number of benzene rings is 2. The van der Waals surface area contributed by atoms with Gasteiger partial charge in [0.1, 0.15) is 0 Å². The van der Waals surface area contributed by atoms with Crippen LogP contribution in [0.3, 0.4) is 0 Å². The number of carbonyl (C=O) groups excluding carboxylic acids is 1. The summed E-state index contributed by atoms with van der Waals surface area (Å²) in [6.07, 6.45) is 0. The van der Waals surface area contributed by atoms with Crippen LogP contribution in [0.15, 0.2) is 42.5 Å². The minimum absolute atomic E-state index is 0.387. The lowest BCUT2D eigenvalue weighted by Crippen LogP contribution is -2.05. The van der Waals surface area contributed by atoms with E-state index in [1.165, 1.54) is 18.4 Å². The van der Waals surface area contributed by atoms with Crippen molar-refractivity contribution >= 4 is 49.9 Å². The van der Waals surface area contributed by atoms with Gasteiger partial charge in [-0.1, -0.05) is 35.1 Å². The summed E-state index contributed by atoms with van der Waals surface area (Å²) in [5.41, 5.74) is 1.99. The molecular formula is C15H11ClN2O2S. The van der Waals surface area contributed by atoms with Crippen molar-refractivity contribution in [2.45, 2.75) is 0 Å². The van der Waals surface area contributed by atoms with Crippen LogP contribution in [0, 0.1) is 0 Å². The monoisotopic (exact) mass is 318 g/mol. The Balaban J connectivity index is 1.97. The van der Waals surface area contributed by atoms with Crippen LogP contribution >= 0.6 is 22.9 Å². The second kappa shape index (κ2) is 5.71. The summed E-state index contributed by atoms with van der Waals surface area (Å²) in [6.45, 7) is 0. The van der Waals surface area contributed by atoms with E-state index in [2.05, 4.69) is 10.3 Å². The summed E-state index contributed by atoms with van der Waals surface area (Å²) in [6, 6.07) is 12.7. The molecule has 0 aliphatic rings. The molecule has 0 amide bonds. The Kier molecular flexibility index (Phi) is 3.77. The number of thiazole rings is 1. The van der Waals surface area contributed by atoms with Gasteiger partial charge in [0.25, 0.3) is 0 Å². The Morgan fingerprint density at radius 3 is 2.90 bits per heavy atom. The van der Waals surface area contributed by atoms with Gasteiger partial charge in [0, 0.05) is 5.02 Å². The predicted octanol–water partition coefficient (Wildman–Crippen LogP) is 4.48. The molecule has 0 saturated heterocycles. The van der Waals surface area contributed by atoms with Crippen LogP contribution in [-0.4, -0.2) is 18.1 Å². The zero-order valence-electron chi connectivity index (χ0n) is 11.1. The molecule has 0 atom stereocenters. The first kappa shape index (κ1) is 13.9. The van der Waals surface area contributed by atoms with Crippen molar-refractivity contribution in [2.24, 2.45) is 0 Å². The third kappa shape index (κ3) is 2.84. The molecule has 1 N–H and O–H groups in total. The topological polar surface area (TPSA) is 51.2 Å². The number of halogens is 1. The van der Waals surface area contributed by atoms with E-state index >= 15 is 0 Å². The van der Waals surface area contributed by atoms with Gasteiger partial charge in [-0.2, -0.15) is 0 Å². The number of para-hydroxylation sites is 1. The highest BCUT2D eigenvalue weighted by atomic mass is 35.5. The lowest BCUT2D eigenvalue weighted by atomic mass is 10.2. The van der Waals surface area contributed by atoms with Crippen LogP contribution in [0.25, 0.3) is 10.2 Å². The Bertz CT molecular complexity index is 816. The number of fused-ring (bicyclic) bond motifs is 1. The fourth-order valence-electron chi connectivity index (χ4n) is 1.95. The Morgan fingerprint density at radius 1 is 1.29 bits per heavy atom. The molecule has 6 heteroatoms. The van der Waals surface area contributed by atoms with Crippen LogP contribution in [0.2, 0.25) is 5.02 Å². The van der Waals surface area contributed by atoms with E-state index in [0.29, 0.717) is 21.4 Å². The molecule has 0 aliphatic carbocycles. The highest BCUT2D eigenvalue weighted by Crippen LogP contribution is 2.31. The maximum atomic E-state index is 11.7. The van der Waals surface area contributed by atoms with Crippen LogP contribution in [0.1, 0.15) is 10.4 Å². The number of rotatable bonds is 3. The van der Waals surface area contributed by atoms with Crippen molar-refractivity contribution < 1.29 is 9.53 Å². The number of anilines is 2. The zero-order valence-corrected chi connectivity index (χ0v) is 12.7. The molecule has 2 aromatic carbocycles. The smallest absolute Gasteiger partial charge is 0.339 e. The summed E-state index contributed by atoms with van der Waals surface area (Å²) < 4.78 is 5.76. The zero-order chi connectivity index (χ0) is 14.8. The van der Waals surface area contributed by atoms with Crippen LogP contribution < -0.4 is 5.32 Å². The maximum absolute atomic E-state index is 11.7. The SMILES string of the molecule is COC(=O)c1ccccc1Nc1nc2ccc(Cl)cc2s1. The van der Waals surface area contributed by atoms with Gasteiger partial charge in [-0.15, -0.1) is 0 Å². The molecule has 4 nitrogen and oxygen atoms in total. The van der Waals surface area contributed by atoms with E-state index in [9.17, 15) is 4.79 Å². The van der Waals surface area contributed by atoms with Crippen molar-refractivity contribution in [3.05, 3.63) is 53.1 Å². The third-order valence-electron chi connectivity index (χ3n) is 2.92. The lowest BCUT2D eigenvalue weighted by Gasteiger charge is -2.07. The van der Waals surface area contributed by atoms with Gasteiger partial charge in [0.2, 0.25) is 0 Å². The summed E-state index contributed by atoms with van der Waals surface area (Å²) >= 11 is 7.45. The molecule has 0 unspecified atom stereocenters. The highest BCUT2D eigenvalue weighted by Gasteiger charge is 2.12. The average Bonchev–Trinajstić information content (AvgIpc) is 2.88. The quantitative estimate of drug-likeness (QED) is 0.723. The number of hydrogen-bond acceptors (Lipinski definition) is 5. The van der Waals surface area contributed by atoms with E-state index in [4.69, 9.17) is 16.3 Å². The molecule has 0 spiro atoms. The third-order valence-corrected chi connectivity index (χ3v) is 4.09. The van der Waals surface area contributed by atoms with Crippen molar-refractivity contribution in [2.75, 3.05) is 12.4 Å². The molecule has 106 valence electrons. The normalized spacial score (nSPS) is 10.6. The number of nitrogens with one attached hydrogen (secondary N) is 1. The number of hydrogen-bond donors (Lipinski definition) is 1. The number of nitrogens with zero attached hydrogens (tertiary/aromatic N) is 1. The van der Waals surface area contributed by atoms with E-state index < -0.39 is 0 Å². The number of esters is 1. The van der Waals surface area contributed by atoms with E-state index in [-0.39, 0.29) is 5.97 Å². The number of aromatic nitrogens is 1. The van der Waals surface area contributed by atoms with Crippen LogP contribution in [0.4, 0.5) is 10.8 Å². The molecule has 3 rings (SSSR count). The number of carbonyl (C=O) groups is 1. The summed E-state index contributed by atoms with van der Waals surface area (Å²) in [4.78, 5) is 16.2. The first-order valence-corrected chi connectivity index (χ1v) is 7.37. The Labute approximate surface area is 130 Å². The standard InChI is InChI=1S/C15H11ClN2O2S/c1-20-14(19)10-4-2-3-5-11(10)17-15-18-12-7-6-9(16)8-13(12)21-15/h2-8H,1H3,(H,17,18). The van der Waals surface area contributed by atoms with E-state index in [1.54, 1.807) is 18.2 Å². The van der Waals surface area contributed by atoms with Gasteiger partial charge in [-0.05, 0) is 30.3 Å². The fourth-order valence-corrected chi connectivity index (χ4v) is 3.10. The van der Waals surface area contributed by atoms with E-state index in [1.807, 2.05) is 24.3 Å². The van der Waals surface area contributed by atoms with Crippen molar-refractivity contribution in [1.82, 2.24) is 4.98 Å². The second-order valence-corrected chi connectivity index (χ2v) is 5.76. The Hall–Kier alpha value is -2.11. The van der Waals surface area contributed by atoms with Crippen LogP contribution in [0.5, 0.6) is 0 Å². The predicted molar refractivity (Wildman–Crippen MR) is 85.7 cm³/mol. The summed E-state index contributed by atoms with van der Waals surface area (Å²) in [5, 5.41) is 4.53. The molecule has 0 bridgehead atoms. The summed E-state index contributed by atoms with van der Waals surface area (Å²) in [5.74, 6) is -0.387. The van der Waals surface area contributed by atoms with Gasteiger partial charge in [0.15, 0.2) is 5.13 Å². The van der Waals surface area contributed by atoms with Gasteiger partial charge in [-0.3, -0.25) is 0 Å². The lowest BCUT2D eigenvalue weighted by molar-refractivity contribution is 0.0602. The second-order valence-electron chi connectivity index (χ2n) is 4.29. The average molecular weight is 319 g/mol. The van der Waals surface area contributed by atoms with Gasteiger partial charge < -0.3 is 10.1 Å². The van der Waals surface area contributed by atoms with Crippen molar-refractivity contribution in [3.63, 3.8) is 0 Å². The molecule has 1 aromatic heterocycles. The van der Waals surface area contributed by atoms with Gasteiger partial charge >= 0.3 is 5.97 Å². The van der Waals surface area contributed by atoms with Crippen molar-refractivity contribution in [3.8, 4) is 0 Å². The molecule has 0 radical (unpaired) electrons. The van der Waals surface area contributed by atoms with Gasteiger partial charge in [-0.25, -0.2) is 9.78 Å². The Morgan fingerprint density at radius 2 is 2.10 bits per heavy atom. The first-order valence-electron chi connectivity index (χ1n) is 6.18. The highest BCUT2D eigenvalue weighted by molar-refractivity contribution is 7.22. The minimum Gasteiger partial charge on any atom is -0.465 e. The first-order chi connectivity index (χ1) is 10.2. The molecule has 1 heterocycles. The van der Waals surface area contributed by atoms with Crippen LogP contribution in [-0.2, 0) is 4.74 Å². The van der Waals surface area contributed by atoms with E-state index in [0.717, 1.165) is 10.2 Å². The summed E-state index contributed by atoms with van der Waals surface area (Å²) in [7, 11) is 1.36. The minimum atomic E-state index is -0.387. The molecule has 0 fully saturated rings. The molecule has 0 saturated carbocycles. The maximum Gasteiger partial charge on any atom is 0.339 e. The fraction of sp³-hybridized carbons (Fsp3) is 0.0667. The molecule has 21 heavy (non-hydrogen) atoms. The largest absolute Gasteiger partial charge is 0.465 e. The molecular weight excluding hydrogens is 308 g/mol. The van der Waals surface area contributed by atoms with Gasteiger partial charge in [0.05, 0.1) is 28.6 Å². The number of ether oxygens (including phenoxy) is 1. The molecule has 3 aromatic rings.